The third kappa shape index (κ3) is 3.77. The van der Waals surface area contributed by atoms with Crippen molar-refractivity contribution in [1.29, 1.82) is 0 Å². The van der Waals surface area contributed by atoms with E-state index >= 15 is 0 Å². The van der Waals surface area contributed by atoms with Crippen LogP contribution in [0, 0.1) is 17.0 Å². The second-order valence-electron chi connectivity index (χ2n) is 5.29. The minimum absolute atomic E-state index is 0.00119. The van der Waals surface area contributed by atoms with Crippen LogP contribution in [-0.2, 0) is 6.54 Å². The molecule has 0 atom stereocenters. The summed E-state index contributed by atoms with van der Waals surface area (Å²) in [5.74, 6) is -0.927. The maximum atomic E-state index is 12.6. The van der Waals surface area contributed by atoms with Gasteiger partial charge in [0.05, 0.1) is 24.1 Å². The van der Waals surface area contributed by atoms with Crippen LogP contribution in [0.5, 0.6) is 5.75 Å². The molecule has 0 unspecified atom stereocenters. The number of nitrogens with zero attached hydrogens (tertiary/aromatic N) is 2. The van der Waals surface area contributed by atoms with Gasteiger partial charge in [-0.15, -0.1) is 0 Å². The van der Waals surface area contributed by atoms with Gasteiger partial charge in [0.2, 0.25) is 0 Å². The number of furan rings is 1. The van der Waals surface area contributed by atoms with Crippen LogP contribution in [0.2, 0.25) is 0 Å². The normalized spacial score (nSPS) is 10.4. The largest absolute Gasteiger partial charge is 0.496 e. The second-order valence-corrected chi connectivity index (χ2v) is 5.29. The molecule has 0 bridgehead atoms. The molecule has 0 saturated heterocycles. The summed E-state index contributed by atoms with van der Waals surface area (Å²) in [6.45, 7) is 1.51. The standard InChI is InChI=1S/C16H16N2O7/c1-9-12(16(20)21)7-11(25-9)8-17(2)15(19)13-6-10(18(22)23)4-5-14(13)24-3/h4-7H,8H2,1-3H3,(H,20,21). The van der Waals surface area contributed by atoms with Crippen molar-refractivity contribution in [3.63, 3.8) is 0 Å². The van der Waals surface area contributed by atoms with E-state index in [0.29, 0.717) is 0 Å². The molecule has 0 spiro atoms. The topological polar surface area (TPSA) is 123 Å². The Morgan fingerprint density at radius 3 is 2.52 bits per heavy atom. The molecule has 9 heteroatoms. The van der Waals surface area contributed by atoms with Crippen LogP contribution in [0.25, 0.3) is 0 Å². The van der Waals surface area contributed by atoms with Crippen molar-refractivity contribution in [1.82, 2.24) is 4.90 Å². The van der Waals surface area contributed by atoms with Crippen LogP contribution in [-0.4, -0.2) is 41.0 Å². The first kappa shape index (κ1) is 18.0. The number of rotatable bonds is 6. The van der Waals surface area contributed by atoms with Gasteiger partial charge in [0, 0.05) is 19.2 Å². The van der Waals surface area contributed by atoms with Crippen LogP contribution >= 0.6 is 0 Å². The van der Waals surface area contributed by atoms with Crippen LogP contribution in [0.15, 0.2) is 28.7 Å². The average molecular weight is 348 g/mol. The van der Waals surface area contributed by atoms with Gasteiger partial charge in [-0.3, -0.25) is 14.9 Å². The molecule has 132 valence electrons. The van der Waals surface area contributed by atoms with Crippen molar-refractivity contribution in [2.75, 3.05) is 14.2 Å². The fraction of sp³-hybridized carbons (Fsp3) is 0.250. The number of nitro benzene ring substituents is 1. The van der Waals surface area contributed by atoms with Crippen molar-refractivity contribution in [3.05, 3.63) is 57.0 Å². The van der Waals surface area contributed by atoms with Crippen LogP contribution < -0.4 is 4.74 Å². The zero-order valence-electron chi connectivity index (χ0n) is 13.8. The highest BCUT2D eigenvalue weighted by molar-refractivity contribution is 5.97. The average Bonchev–Trinajstić information content (AvgIpc) is 2.93. The van der Waals surface area contributed by atoms with Crippen molar-refractivity contribution in [2.45, 2.75) is 13.5 Å². The lowest BCUT2D eigenvalue weighted by molar-refractivity contribution is -0.384. The van der Waals surface area contributed by atoms with Gasteiger partial charge in [-0.05, 0) is 19.1 Å². The summed E-state index contributed by atoms with van der Waals surface area (Å²) in [7, 11) is 2.83. The fourth-order valence-corrected chi connectivity index (χ4v) is 2.32. The van der Waals surface area contributed by atoms with Gasteiger partial charge in [-0.25, -0.2) is 4.79 Å². The summed E-state index contributed by atoms with van der Waals surface area (Å²) >= 11 is 0. The number of ether oxygens (including phenoxy) is 1. The van der Waals surface area contributed by atoms with E-state index in [-0.39, 0.29) is 40.6 Å². The van der Waals surface area contributed by atoms with E-state index in [2.05, 4.69) is 0 Å². The van der Waals surface area contributed by atoms with Crippen molar-refractivity contribution >= 4 is 17.6 Å². The Balaban J connectivity index is 2.28. The number of hydrogen-bond donors (Lipinski definition) is 1. The molecular formula is C16H16N2O7. The molecular weight excluding hydrogens is 332 g/mol. The molecule has 0 radical (unpaired) electrons. The summed E-state index contributed by atoms with van der Waals surface area (Å²) < 4.78 is 10.4. The van der Waals surface area contributed by atoms with Crippen LogP contribution in [0.3, 0.4) is 0 Å². The lowest BCUT2D eigenvalue weighted by atomic mass is 10.1. The van der Waals surface area contributed by atoms with E-state index in [0.717, 1.165) is 6.07 Å². The monoisotopic (exact) mass is 348 g/mol. The lowest BCUT2D eigenvalue weighted by Crippen LogP contribution is -2.26. The maximum absolute atomic E-state index is 12.6. The molecule has 1 aromatic heterocycles. The molecule has 0 saturated carbocycles. The third-order valence-electron chi connectivity index (χ3n) is 3.56. The summed E-state index contributed by atoms with van der Waals surface area (Å²) in [5.41, 5.74) is -0.190. The van der Waals surface area contributed by atoms with Gasteiger partial charge in [0.15, 0.2) is 0 Å². The number of nitro groups is 1. The van der Waals surface area contributed by atoms with E-state index in [1.165, 1.54) is 44.2 Å². The summed E-state index contributed by atoms with van der Waals surface area (Å²) in [4.78, 5) is 35.2. The molecule has 0 fully saturated rings. The van der Waals surface area contributed by atoms with Gasteiger partial charge < -0.3 is 19.2 Å². The predicted molar refractivity (Wildman–Crippen MR) is 85.9 cm³/mol. The Morgan fingerprint density at radius 2 is 2.00 bits per heavy atom. The third-order valence-corrected chi connectivity index (χ3v) is 3.56. The van der Waals surface area contributed by atoms with E-state index in [4.69, 9.17) is 14.3 Å². The highest BCUT2D eigenvalue weighted by Gasteiger charge is 2.22. The number of carboxylic acid groups (broad SMARTS) is 1. The van der Waals surface area contributed by atoms with Crippen LogP contribution in [0.4, 0.5) is 5.69 Å². The van der Waals surface area contributed by atoms with Crippen molar-refractivity contribution < 1.29 is 28.8 Å². The quantitative estimate of drug-likeness (QED) is 0.628. The zero-order chi connectivity index (χ0) is 18.7. The van der Waals surface area contributed by atoms with E-state index < -0.39 is 16.8 Å². The molecule has 25 heavy (non-hydrogen) atoms. The SMILES string of the molecule is COc1ccc([N+](=O)[O-])cc1C(=O)N(C)Cc1cc(C(=O)O)c(C)o1. The molecule has 9 nitrogen and oxygen atoms in total. The fourth-order valence-electron chi connectivity index (χ4n) is 2.32. The molecule has 0 aliphatic heterocycles. The Bertz CT molecular complexity index is 841. The smallest absolute Gasteiger partial charge is 0.339 e. The first-order chi connectivity index (χ1) is 11.7. The van der Waals surface area contributed by atoms with Gasteiger partial charge in [-0.1, -0.05) is 0 Å². The number of benzene rings is 1. The predicted octanol–water partition coefficient (Wildman–Crippen LogP) is 2.48. The number of hydrogen-bond acceptors (Lipinski definition) is 6. The first-order valence-electron chi connectivity index (χ1n) is 7.15. The number of aryl methyl sites for hydroxylation is 1. The van der Waals surface area contributed by atoms with Crippen molar-refractivity contribution in [2.24, 2.45) is 0 Å². The van der Waals surface area contributed by atoms with Crippen LogP contribution in [0.1, 0.15) is 32.2 Å². The Labute approximate surface area is 142 Å². The first-order valence-corrected chi connectivity index (χ1v) is 7.15. The number of carboxylic acids is 1. The number of carbonyl (C=O) groups excluding carboxylic acids is 1. The number of aromatic carboxylic acids is 1. The molecule has 2 aromatic rings. The highest BCUT2D eigenvalue weighted by Crippen LogP contribution is 2.26. The molecule has 2 rings (SSSR count). The van der Waals surface area contributed by atoms with Gasteiger partial charge in [-0.2, -0.15) is 0 Å². The van der Waals surface area contributed by atoms with Gasteiger partial charge in [0.1, 0.15) is 22.8 Å². The highest BCUT2D eigenvalue weighted by atomic mass is 16.6. The van der Waals surface area contributed by atoms with E-state index in [1.54, 1.807) is 0 Å². The molecule has 0 aliphatic rings. The zero-order valence-corrected chi connectivity index (χ0v) is 13.8. The molecule has 1 amide bonds. The Morgan fingerprint density at radius 1 is 1.32 bits per heavy atom. The molecule has 0 aliphatic carbocycles. The summed E-state index contributed by atoms with van der Waals surface area (Å²) in [5, 5.41) is 19.9. The van der Waals surface area contributed by atoms with E-state index in [9.17, 15) is 19.7 Å². The minimum Gasteiger partial charge on any atom is -0.496 e. The number of carbonyl (C=O) groups is 2. The number of non-ortho nitro benzene ring substituents is 1. The van der Waals surface area contributed by atoms with Crippen molar-refractivity contribution in [3.8, 4) is 5.75 Å². The molecule has 1 aromatic carbocycles. The molecule has 1 heterocycles. The Kier molecular flexibility index (Phi) is 5.06. The van der Waals surface area contributed by atoms with Gasteiger partial charge in [0.25, 0.3) is 11.6 Å². The maximum Gasteiger partial charge on any atom is 0.339 e. The Hall–Kier alpha value is -3.36. The number of amides is 1. The lowest BCUT2D eigenvalue weighted by Gasteiger charge is -2.17. The minimum atomic E-state index is -1.12. The van der Waals surface area contributed by atoms with E-state index in [1.807, 2.05) is 0 Å². The second kappa shape index (κ2) is 7.04. The number of methoxy groups -OCH3 is 1. The summed E-state index contributed by atoms with van der Waals surface area (Å²) in [6.07, 6.45) is 0. The van der Waals surface area contributed by atoms with Gasteiger partial charge >= 0.3 is 5.97 Å². The molecule has 1 N–H and O–H groups in total. The summed E-state index contributed by atoms with van der Waals surface area (Å²) in [6, 6.07) is 5.06.